The molecule has 1 aliphatic carbocycles. The highest BCUT2D eigenvalue weighted by molar-refractivity contribution is 5.72. The molecule has 2 rings (SSSR count). The Balaban J connectivity index is 2.02. The fourth-order valence-electron chi connectivity index (χ4n) is 3.16. The van der Waals surface area contributed by atoms with E-state index in [9.17, 15) is 4.79 Å². The van der Waals surface area contributed by atoms with E-state index >= 15 is 0 Å². The van der Waals surface area contributed by atoms with E-state index in [-0.39, 0.29) is 0 Å². The Morgan fingerprint density at radius 3 is 2.58 bits per heavy atom. The summed E-state index contributed by atoms with van der Waals surface area (Å²) in [4.78, 5) is 10.9. The Morgan fingerprint density at radius 2 is 1.95 bits per heavy atom. The van der Waals surface area contributed by atoms with E-state index < -0.39 is 12.0 Å². The number of hydrogen-bond donors (Lipinski definition) is 2. The summed E-state index contributed by atoms with van der Waals surface area (Å²) in [6.07, 6.45) is 3.30. The van der Waals surface area contributed by atoms with Crippen LogP contribution < -0.4 is 5.32 Å². The second-order valence-electron chi connectivity index (χ2n) is 5.84. The van der Waals surface area contributed by atoms with E-state index in [0.717, 1.165) is 12.8 Å². The Hall–Kier alpha value is -1.35. The van der Waals surface area contributed by atoms with E-state index in [1.165, 1.54) is 12.0 Å². The molecule has 0 amide bonds. The van der Waals surface area contributed by atoms with Crippen LogP contribution in [-0.4, -0.2) is 23.2 Å². The monoisotopic (exact) mass is 261 g/mol. The van der Waals surface area contributed by atoms with E-state index in [1.807, 2.05) is 6.07 Å². The van der Waals surface area contributed by atoms with Crippen LogP contribution in [0.4, 0.5) is 0 Å². The molecule has 0 spiro atoms. The summed E-state index contributed by atoms with van der Waals surface area (Å²) in [6.45, 7) is 3.98. The zero-order chi connectivity index (χ0) is 13.8. The summed E-state index contributed by atoms with van der Waals surface area (Å²) < 4.78 is 0. The third kappa shape index (κ3) is 3.80. The molecule has 1 saturated carbocycles. The maximum atomic E-state index is 10.9. The van der Waals surface area contributed by atoms with Crippen LogP contribution in [0.15, 0.2) is 30.3 Å². The molecule has 1 aromatic carbocycles. The number of benzene rings is 1. The van der Waals surface area contributed by atoms with Crippen molar-refractivity contribution in [2.45, 2.75) is 51.1 Å². The highest BCUT2D eigenvalue weighted by Gasteiger charge is 2.29. The van der Waals surface area contributed by atoms with E-state index in [1.54, 1.807) is 6.92 Å². The lowest BCUT2D eigenvalue weighted by Gasteiger charge is -2.35. The van der Waals surface area contributed by atoms with Crippen molar-refractivity contribution in [1.29, 1.82) is 0 Å². The topological polar surface area (TPSA) is 49.3 Å². The van der Waals surface area contributed by atoms with Gasteiger partial charge in [0, 0.05) is 6.04 Å². The predicted molar refractivity (Wildman–Crippen MR) is 76.2 cm³/mol. The fourth-order valence-corrected chi connectivity index (χ4v) is 3.16. The Labute approximate surface area is 115 Å². The summed E-state index contributed by atoms with van der Waals surface area (Å²) in [7, 11) is 0. The van der Waals surface area contributed by atoms with Crippen molar-refractivity contribution in [3.63, 3.8) is 0 Å². The molecular weight excluding hydrogens is 238 g/mol. The van der Waals surface area contributed by atoms with Crippen LogP contribution in [0.25, 0.3) is 0 Å². The van der Waals surface area contributed by atoms with E-state index in [4.69, 9.17) is 5.11 Å². The number of carboxylic acid groups (broad SMARTS) is 1. The van der Waals surface area contributed by atoms with E-state index in [0.29, 0.717) is 17.9 Å². The lowest BCUT2D eigenvalue weighted by Crippen LogP contribution is -2.44. The number of carboxylic acids is 1. The Bertz CT molecular complexity index is 418. The Morgan fingerprint density at radius 1 is 1.26 bits per heavy atom. The first-order valence-electron chi connectivity index (χ1n) is 7.10. The quantitative estimate of drug-likeness (QED) is 0.876. The summed E-state index contributed by atoms with van der Waals surface area (Å²) in [5.41, 5.74) is 1.38. The molecule has 1 aliphatic rings. The average Bonchev–Trinajstić information content (AvgIpc) is 2.39. The third-order valence-corrected chi connectivity index (χ3v) is 4.07. The molecule has 3 nitrogen and oxygen atoms in total. The van der Waals surface area contributed by atoms with Crippen LogP contribution >= 0.6 is 0 Å². The maximum Gasteiger partial charge on any atom is 0.320 e. The molecule has 3 heteroatoms. The number of carbonyl (C=O) groups is 1. The van der Waals surface area contributed by atoms with Crippen molar-refractivity contribution < 1.29 is 9.90 Å². The van der Waals surface area contributed by atoms with Gasteiger partial charge in [0.05, 0.1) is 0 Å². The van der Waals surface area contributed by atoms with Crippen LogP contribution in [0, 0.1) is 5.92 Å². The van der Waals surface area contributed by atoms with Crippen LogP contribution in [0.3, 0.4) is 0 Å². The van der Waals surface area contributed by atoms with Gasteiger partial charge in [-0.25, -0.2) is 0 Å². The van der Waals surface area contributed by atoms with Crippen molar-refractivity contribution in [3.8, 4) is 0 Å². The molecule has 0 bridgehead atoms. The molecule has 3 unspecified atom stereocenters. The van der Waals surface area contributed by atoms with Crippen molar-refractivity contribution in [2.24, 2.45) is 5.92 Å². The van der Waals surface area contributed by atoms with Crippen LogP contribution in [-0.2, 0) is 4.79 Å². The maximum absolute atomic E-state index is 10.9. The highest BCUT2D eigenvalue weighted by atomic mass is 16.4. The first-order valence-corrected chi connectivity index (χ1v) is 7.10. The standard InChI is InChI=1S/C16H23NO2/c1-11-8-14(13-6-4-3-5-7-13)10-15(9-11)17-12(2)16(18)19/h3-7,11-12,14-15,17H,8-10H2,1-2H3,(H,18,19)/t11?,12-,14?,15?/m0/s1. The highest BCUT2D eigenvalue weighted by Crippen LogP contribution is 2.36. The van der Waals surface area contributed by atoms with Gasteiger partial charge in [-0.2, -0.15) is 0 Å². The second kappa shape index (κ2) is 6.20. The van der Waals surface area contributed by atoms with Gasteiger partial charge in [0.25, 0.3) is 0 Å². The molecule has 0 aliphatic heterocycles. The predicted octanol–water partition coefficient (Wildman–Crippen LogP) is 3.02. The molecular formula is C16H23NO2. The van der Waals surface area contributed by atoms with E-state index in [2.05, 4.69) is 36.5 Å². The molecule has 0 aromatic heterocycles. The minimum absolute atomic E-state index is 0.306. The average molecular weight is 261 g/mol. The molecule has 1 fully saturated rings. The van der Waals surface area contributed by atoms with Gasteiger partial charge in [0.2, 0.25) is 0 Å². The van der Waals surface area contributed by atoms with Crippen molar-refractivity contribution in [1.82, 2.24) is 5.32 Å². The molecule has 0 radical (unpaired) electrons. The lowest BCUT2D eigenvalue weighted by molar-refractivity contribution is -0.139. The minimum Gasteiger partial charge on any atom is -0.480 e. The number of hydrogen-bond acceptors (Lipinski definition) is 2. The molecule has 0 saturated heterocycles. The summed E-state index contributed by atoms with van der Waals surface area (Å²) in [6, 6.07) is 10.4. The first kappa shape index (κ1) is 14.1. The number of nitrogens with one attached hydrogen (secondary N) is 1. The summed E-state index contributed by atoms with van der Waals surface area (Å²) in [5.74, 6) is 0.412. The van der Waals surface area contributed by atoms with Crippen LogP contribution in [0.2, 0.25) is 0 Å². The zero-order valence-corrected chi connectivity index (χ0v) is 11.7. The third-order valence-electron chi connectivity index (χ3n) is 4.07. The summed E-state index contributed by atoms with van der Waals surface area (Å²) in [5, 5.41) is 12.2. The van der Waals surface area contributed by atoms with Gasteiger partial charge < -0.3 is 10.4 Å². The van der Waals surface area contributed by atoms with Crippen molar-refractivity contribution in [3.05, 3.63) is 35.9 Å². The van der Waals surface area contributed by atoms with Crippen molar-refractivity contribution >= 4 is 5.97 Å². The molecule has 104 valence electrons. The normalized spacial score (nSPS) is 28.8. The van der Waals surface area contributed by atoms with Gasteiger partial charge in [0.1, 0.15) is 6.04 Å². The number of rotatable bonds is 4. The zero-order valence-electron chi connectivity index (χ0n) is 11.7. The van der Waals surface area contributed by atoms with Gasteiger partial charge in [0.15, 0.2) is 0 Å². The molecule has 2 N–H and O–H groups in total. The van der Waals surface area contributed by atoms with Crippen LogP contribution in [0.1, 0.15) is 44.6 Å². The molecule has 4 atom stereocenters. The fraction of sp³-hybridized carbons (Fsp3) is 0.562. The molecule has 1 aromatic rings. The number of aliphatic carboxylic acids is 1. The molecule has 19 heavy (non-hydrogen) atoms. The first-order chi connectivity index (χ1) is 9.06. The van der Waals surface area contributed by atoms with Crippen molar-refractivity contribution in [2.75, 3.05) is 0 Å². The van der Waals surface area contributed by atoms with Gasteiger partial charge in [-0.3, -0.25) is 4.79 Å². The van der Waals surface area contributed by atoms with Gasteiger partial charge in [-0.1, -0.05) is 37.3 Å². The second-order valence-corrected chi connectivity index (χ2v) is 5.84. The van der Waals surface area contributed by atoms with Gasteiger partial charge in [-0.05, 0) is 43.6 Å². The van der Waals surface area contributed by atoms with Gasteiger partial charge >= 0.3 is 5.97 Å². The largest absolute Gasteiger partial charge is 0.480 e. The summed E-state index contributed by atoms with van der Waals surface area (Å²) >= 11 is 0. The van der Waals surface area contributed by atoms with Gasteiger partial charge in [-0.15, -0.1) is 0 Å². The van der Waals surface area contributed by atoms with Crippen LogP contribution in [0.5, 0.6) is 0 Å². The SMILES string of the molecule is CC1CC(N[C@@H](C)C(=O)O)CC(c2ccccc2)C1. The minimum atomic E-state index is -0.769. The Kier molecular flexibility index (Phi) is 4.59. The lowest BCUT2D eigenvalue weighted by atomic mass is 9.76. The molecule has 0 heterocycles. The smallest absolute Gasteiger partial charge is 0.320 e.